The van der Waals surface area contributed by atoms with Crippen LogP contribution in [0.4, 0.5) is 0 Å². The maximum atomic E-state index is 10.8. The van der Waals surface area contributed by atoms with Gasteiger partial charge in [0, 0.05) is 12.6 Å². The number of hydrogen-bond donors (Lipinski definition) is 3. The van der Waals surface area contributed by atoms with Gasteiger partial charge in [0.1, 0.15) is 16.0 Å². The number of aromatic amines is 1. The molecule has 2 rings (SSSR count). The summed E-state index contributed by atoms with van der Waals surface area (Å²) in [6.07, 6.45) is 1.50. The molecule has 0 spiro atoms. The van der Waals surface area contributed by atoms with Gasteiger partial charge in [-0.15, -0.1) is 0 Å². The molecule has 0 fully saturated rings. The van der Waals surface area contributed by atoms with Gasteiger partial charge in [-0.3, -0.25) is 5.10 Å². The van der Waals surface area contributed by atoms with Gasteiger partial charge in [-0.05, 0) is 0 Å². The number of carboxylic acid groups (broad SMARTS) is 1. The number of carbonyl (C=O) groups is 1. The summed E-state index contributed by atoms with van der Waals surface area (Å²) in [5.74, 6) is -0.340. The predicted octanol–water partition coefficient (Wildman–Crippen LogP) is 0.0199. The van der Waals surface area contributed by atoms with Crippen molar-refractivity contribution in [3.05, 3.63) is 22.2 Å². The average Bonchev–Trinajstić information content (AvgIpc) is 2.62. The zero-order valence-corrected chi connectivity index (χ0v) is 8.86. The van der Waals surface area contributed by atoms with Crippen LogP contribution in [0.25, 0.3) is 5.78 Å². The number of fused-ring (bicyclic) bond motifs is 1. The van der Waals surface area contributed by atoms with E-state index in [4.69, 9.17) is 22.4 Å². The fourth-order valence-corrected chi connectivity index (χ4v) is 1.53. The fraction of sp³-hybridized carbons (Fsp3) is 0.250. The number of carboxylic acids is 1. The van der Waals surface area contributed by atoms with Gasteiger partial charge in [-0.1, -0.05) is 12.2 Å². The lowest BCUT2D eigenvalue weighted by Gasteiger charge is -1.95. The number of H-pyrrole nitrogens is 1. The monoisotopic (exact) mass is 240 g/mol. The molecule has 0 saturated heterocycles. The van der Waals surface area contributed by atoms with Gasteiger partial charge in [0.15, 0.2) is 0 Å². The number of nitrogens with one attached hydrogen (secondary N) is 1. The van der Waals surface area contributed by atoms with Gasteiger partial charge < -0.3 is 10.2 Å². The van der Waals surface area contributed by atoms with Crippen molar-refractivity contribution in [2.75, 3.05) is 6.61 Å². The second-order valence-electron chi connectivity index (χ2n) is 3.06. The lowest BCUT2D eigenvalue weighted by Crippen LogP contribution is -2.04. The first-order chi connectivity index (χ1) is 7.63. The molecule has 2 aromatic rings. The second kappa shape index (κ2) is 3.99. The maximum absolute atomic E-state index is 10.8. The maximum Gasteiger partial charge on any atom is 0.340 e. The second-order valence-corrected chi connectivity index (χ2v) is 3.45. The van der Waals surface area contributed by atoms with Gasteiger partial charge in [0.2, 0.25) is 0 Å². The highest BCUT2D eigenvalue weighted by molar-refractivity contribution is 7.71. The van der Waals surface area contributed by atoms with Gasteiger partial charge >= 0.3 is 5.97 Å². The predicted molar refractivity (Wildman–Crippen MR) is 55.9 cm³/mol. The van der Waals surface area contributed by atoms with E-state index in [1.165, 1.54) is 10.7 Å². The Balaban J connectivity index is 2.65. The molecule has 0 unspecified atom stereocenters. The van der Waals surface area contributed by atoms with Crippen molar-refractivity contribution in [2.24, 2.45) is 0 Å². The van der Waals surface area contributed by atoms with Crippen LogP contribution in [0.5, 0.6) is 0 Å². The lowest BCUT2D eigenvalue weighted by molar-refractivity contribution is 0.0695. The molecular weight excluding hydrogens is 232 g/mol. The summed E-state index contributed by atoms with van der Waals surface area (Å²) < 4.78 is 1.42. The van der Waals surface area contributed by atoms with Crippen molar-refractivity contribution >= 4 is 24.0 Å². The summed E-state index contributed by atoms with van der Waals surface area (Å²) in [4.78, 5) is 18.7. The highest BCUT2D eigenvalue weighted by Gasteiger charge is 2.11. The van der Waals surface area contributed by atoms with Crippen molar-refractivity contribution in [2.45, 2.75) is 6.42 Å². The minimum absolute atomic E-state index is 0.0566. The van der Waals surface area contributed by atoms with E-state index < -0.39 is 5.97 Å². The molecule has 8 heteroatoms. The normalized spacial score (nSPS) is 10.8. The van der Waals surface area contributed by atoms with E-state index in [1.54, 1.807) is 0 Å². The van der Waals surface area contributed by atoms with Crippen LogP contribution in [-0.4, -0.2) is 42.4 Å². The molecular formula is C8H8N4O3S. The minimum atomic E-state index is -1.13. The standard InChI is InChI=1S/C8H8N4O3S/c13-2-1-5-10-8-9-3-4(7(14)15)6(16)12(8)11-5/h3,13H,1-2H2,(H,14,15)(H,9,10,11). The average molecular weight is 240 g/mol. The zero-order valence-electron chi connectivity index (χ0n) is 8.04. The third kappa shape index (κ3) is 1.68. The summed E-state index contributed by atoms with van der Waals surface area (Å²) in [7, 11) is 0. The molecule has 0 aliphatic carbocycles. The third-order valence-corrected chi connectivity index (χ3v) is 2.40. The van der Waals surface area contributed by atoms with Crippen molar-refractivity contribution < 1.29 is 15.0 Å². The van der Waals surface area contributed by atoms with Gasteiger partial charge in [-0.2, -0.15) is 4.98 Å². The summed E-state index contributed by atoms with van der Waals surface area (Å²) in [6, 6.07) is 0. The number of aliphatic hydroxyl groups excluding tert-OH is 1. The molecule has 0 atom stereocenters. The first-order valence-corrected chi connectivity index (χ1v) is 4.85. The Labute approximate surface area is 94.4 Å². The summed E-state index contributed by atoms with van der Waals surface area (Å²) >= 11 is 4.98. The van der Waals surface area contributed by atoms with Crippen LogP contribution in [-0.2, 0) is 6.42 Å². The third-order valence-electron chi connectivity index (χ3n) is 2.00. The van der Waals surface area contributed by atoms with Gasteiger partial charge in [0.05, 0.1) is 6.61 Å². The van der Waals surface area contributed by atoms with E-state index in [9.17, 15) is 4.79 Å². The first kappa shape index (κ1) is 10.7. The largest absolute Gasteiger partial charge is 0.478 e. The number of rotatable bonds is 3. The molecule has 84 valence electrons. The molecule has 0 saturated carbocycles. The minimum Gasteiger partial charge on any atom is -0.478 e. The van der Waals surface area contributed by atoms with Crippen LogP contribution < -0.4 is 0 Å². The summed E-state index contributed by atoms with van der Waals surface area (Å²) in [6.45, 7) is -0.0566. The van der Waals surface area contributed by atoms with E-state index in [0.717, 1.165) is 0 Å². The summed E-state index contributed by atoms with van der Waals surface area (Å²) in [5.41, 5.74) is -0.0632. The SMILES string of the molecule is O=C(O)c1cnc2nc(CCO)[nH]n2c1=S. The molecule has 0 radical (unpaired) electrons. The molecule has 2 heterocycles. The van der Waals surface area contributed by atoms with E-state index in [0.29, 0.717) is 18.0 Å². The van der Waals surface area contributed by atoms with Crippen LogP contribution in [0, 0.1) is 4.64 Å². The Hall–Kier alpha value is -1.80. The highest BCUT2D eigenvalue weighted by Crippen LogP contribution is 2.05. The number of aromatic carboxylic acids is 1. The quantitative estimate of drug-likeness (QED) is 0.653. The number of nitrogens with zero attached hydrogens (tertiary/aromatic N) is 3. The molecule has 3 N–H and O–H groups in total. The zero-order chi connectivity index (χ0) is 11.7. The Kier molecular flexibility index (Phi) is 2.67. The Morgan fingerprint density at radius 2 is 2.38 bits per heavy atom. The van der Waals surface area contributed by atoms with Crippen molar-refractivity contribution in [1.29, 1.82) is 0 Å². The smallest absolute Gasteiger partial charge is 0.340 e. The number of aliphatic hydroxyl groups is 1. The first-order valence-electron chi connectivity index (χ1n) is 4.44. The molecule has 7 nitrogen and oxygen atoms in total. The van der Waals surface area contributed by atoms with E-state index in [1.807, 2.05) is 0 Å². The molecule has 0 aliphatic heterocycles. The number of aromatic nitrogens is 4. The van der Waals surface area contributed by atoms with Crippen LogP contribution in [0.1, 0.15) is 16.2 Å². The molecule has 0 aliphatic rings. The van der Waals surface area contributed by atoms with E-state index >= 15 is 0 Å². The van der Waals surface area contributed by atoms with Crippen molar-refractivity contribution in [3.8, 4) is 0 Å². The highest BCUT2D eigenvalue weighted by atomic mass is 32.1. The summed E-state index contributed by atoms with van der Waals surface area (Å²) in [5, 5.41) is 20.4. The van der Waals surface area contributed by atoms with Crippen molar-refractivity contribution in [1.82, 2.24) is 19.6 Å². The fourth-order valence-electron chi connectivity index (χ4n) is 1.27. The van der Waals surface area contributed by atoms with Crippen LogP contribution in [0.2, 0.25) is 0 Å². The van der Waals surface area contributed by atoms with Crippen molar-refractivity contribution in [3.63, 3.8) is 0 Å². The van der Waals surface area contributed by atoms with Crippen LogP contribution in [0.3, 0.4) is 0 Å². The number of hydrogen-bond acceptors (Lipinski definition) is 5. The topological polar surface area (TPSA) is 104 Å². The molecule has 0 bridgehead atoms. The van der Waals surface area contributed by atoms with E-state index in [2.05, 4.69) is 15.1 Å². The molecule has 16 heavy (non-hydrogen) atoms. The van der Waals surface area contributed by atoms with Crippen LogP contribution in [0.15, 0.2) is 6.20 Å². The lowest BCUT2D eigenvalue weighted by atomic mass is 10.3. The molecule has 0 amide bonds. The van der Waals surface area contributed by atoms with Crippen LogP contribution >= 0.6 is 12.2 Å². The molecule has 0 aromatic carbocycles. The Bertz CT molecular complexity index is 603. The van der Waals surface area contributed by atoms with Gasteiger partial charge in [-0.25, -0.2) is 14.3 Å². The molecule has 2 aromatic heterocycles. The van der Waals surface area contributed by atoms with Gasteiger partial charge in [0.25, 0.3) is 5.78 Å². The van der Waals surface area contributed by atoms with E-state index in [-0.39, 0.29) is 16.8 Å². The Morgan fingerprint density at radius 3 is 3.00 bits per heavy atom. The Morgan fingerprint density at radius 1 is 1.62 bits per heavy atom.